The van der Waals surface area contributed by atoms with Gasteiger partial charge in [-0.3, -0.25) is 0 Å². The number of ether oxygens (including phenoxy) is 1. The number of hydrogen-bond donors (Lipinski definition) is 1. The zero-order chi connectivity index (χ0) is 14.8. The van der Waals surface area contributed by atoms with E-state index >= 15 is 0 Å². The van der Waals surface area contributed by atoms with E-state index in [0.29, 0.717) is 26.2 Å². The van der Waals surface area contributed by atoms with E-state index in [4.69, 9.17) is 11.6 Å². The van der Waals surface area contributed by atoms with Crippen molar-refractivity contribution in [1.82, 2.24) is 9.62 Å². The van der Waals surface area contributed by atoms with Crippen LogP contribution in [0.15, 0.2) is 23.1 Å². The van der Waals surface area contributed by atoms with Crippen molar-refractivity contribution in [2.75, 3.05) is 33.3 Å². The smallest absolute Gasteiger partial charge is 0.339 e. The van der Waals surface area contributed by atoms with Gasteiger partial charge in [0.25, 0.3) is 0 Å². The summed E-state index contributed by atoms with van der Waals surface area (Å²) in [6.07, 6.45) is 0. The highest BCUT2D eigenvalue weighted by atomic mass is 35.5. The van der Waals surface area contributed by atoms with Crippen LogP contribution in [-0.2, 0) is 14.8 Å². The fourth-order valence-electron chi connectivity index (χ4n) is 2.01. The highest BCUT2D eigenvalue weighted by molar-refractivity contribution is 7.89. The van der Waals surface area contributed by atoms with Gasteiger partial charge in [0.05, 0.1) is 17.6 Å². The van der Waals surface area contributed by atoms with Crippen LogP contribution >= 0.6 is 11.6 Å². The van der Waals surface area contributed by atoms with Gasteiger partial charge in [0, 0.05) is 31.2 Å². The maximum atomic E-state index is 12.6. The number of hydrogen-bond acceptors (Lipinski definition) is 5. The van der Waals surface area contributed by atoms with Crippen LogP contribution in [0.3, 0.4) is 0 Å². The topological polar surface area (TPSA) is 75.7 Å². The molecule has 0 amide bonds. The number of rotatable bonds is 3. The van der Waals surface area contributed by atoms with Crippen molar-refractivity contribution in [3.05, 3.63) is 28.8 Å². The van der Waals surface area contributed by atoms with Crippen molar-refractivity contribution in [3.8, 4) is 0 Å². The van der Waals surface area contributed by atoms with E-state index < -0.39 is 16.0 Å². The molecule has 1 aliphatic rings. The molecule has 0 atom stereocenters. The van der Waals surface area contributed by atoms with E-state index in [1.807, 2.05) is 0 Å². The van der Waals surface area contributed by atoms with Gasteiger partial charge >= 0.3 is 5.97 Å². The van der Waals surface area contributed by atoms with Gasteiger partial charge in [-0.15, -0.1) is 0 Å². The van der Waals surface area contributed by atoms with Crippen molar-refractivity contribution in [2.24, 2.45) is 0 Å². The molecule has 0 spiro atoms. The van der Waals surface area contributed by atoms with Crippen molar-refractivity contribution >= 4 is 27.6 Å². The molecule has 2 rings (SSSR count). The van der Waals surface area contributed by atoms with Crippen LogP contribution in [-0.4, -0.2) is 52.0 Å². The molecule has 1 aromatic rings. The maximum absolute atomic E-state index is 12.6. The summed E-state index contributed by atoms with van der Waals surface area (Å²) in [6, 6.07) is 4.11. The quantitative estimate of drug-likeness (QED) is 0.831. The molecule has 110 valence electrons. The van der Waals surface area contributed by atoms with Crippen LogP contribution in [0.4, 0.5) is 0 Å². The first-order valence-corrected chi connectivity index (χ1v) is 7.87. The van der Waals surface area contributed by atoms with Crippen LogP contribution < -0.4 is 5.32 Å². The summed E-state index contributed by atoms with van der Waals surface area (Å²) in [5, 5.41) is 3.33. The molecule has 0 radical (unpaired) electrons. The first-order chi connectivity index (χ1) is 9.46. The highest BCUT2D eigenvalue weighted by Crippen LogP contribution is 2.25. The Morgan fingerprint density at radius 3 is 2.60 bits per heavy atom. The number of nitrogens with zero attached hydrogens (tertiary/aromatic N) is 1. The number of halogens is 1. The van der Waals surface area contributed by atoms with Crippen molar-refractivity contribution in [2.45, 2.75) is 4.90 Å². The highest BCUT2D eigenvalue weighted by Gasteiger charge is 2.30. The molecule has 1 aromatic carbocycles. The van der Waals surface area contributed by atoms with E-state index in [1.165, 1.54) is 29.6 Å². The fourth-order valence-corrected chi connectivity index (χ4v) is 3.90. The molecular formula is C12H15ClN2O4S. The minimum Gasteiger partial charge on any atom is -0.465 e. The maximum Gasteiger partial charge on any atom is 0.339 e. The number of esters is 1. The van der Waals surface area contributed by atoms with Gasteiger partial charge in [-0.25, -0.2) is 13.2 Å². The standard InChI is InChI=1S/C12H15ClN2O4S/c1-19-12(16)10-3-2-9(13)8-11(10)20(17,18)15-6-4-14-5-7-15/h2-3,8,14H,4-7H2,1H3. The first kappa shape index (κ1) is 15.2. The third-order valence-corrected chi connectivity index (χ3v) is 5.22. The lowest BCUT2D eigenvalue weighted by Gasteiger charge is -2.27. The van der Waals surface area contributed by atoms with Crippen LogP contribution in [0.2, 0.25) is 5.02 Å². The molecule has 0 saturated carbocycles. The van der Waals surface area contributed by atoms with E-state index in [1.54, 1.807) is 0 Å². The SMILES string of the molecule is COC(=O)c1ccc(Cl)cc1S(=O)(=O)N1CCNCC1. The molecule has 20 heavy (non-hydrogen) atoms. The van der Waals surface area contributed by atoms with Gasteiger partial charge < -0.3 is 10.1 Å². The molecule has 1 N–H and O–H groups in total. The van der Waals surface area contributed by atoms with Crippen LogP contribution in [0, 0.1) is 0 Å². The Kier molecular flexibility index (Phi) is 4.64. The molecule has 8 heteroatoms. The van der Waals surface area contributed by atoms with Gasteiger partial charge in [0.1, 0.15) is 0 Å². The summed E-state index contributed by atoms with van der Waals surface area (Å²) in [6.45, 7) is 1.87. The molecule has 1 fully saturated rings. The molecule has 1 aliphatic heterocycles. The Balaban J connectivity index is 2.49. The lowest BCUT2D eigenvalue weighted by molar-refractivity contribution is 0.0596. The lowest BCUT2D eigenvalue weighted by Crippen LogP contribution is -2.46. The predicted molar refractivity (Wildman–Crippen MR) is 74.4 cm³/mol. The number of carbonyl (C=O) groups is 1. The number of sulfonamides is 1. The van der Waals surface area contributed by atoms with E-state index in [0.717, 1.165) is 0 Å². The van der Waals surface area contributed by atoms with Gasteiger partial charge in [0.15, 0.2) is 0 Å². The molecule has 0 aromatic heterocycles. The van der Waals surface area contributed by atoms with Gasteiger partial charge in [-0.1, -0.05) is 11.6 Å². The molecule has 1 heterocycles. The van der Waals surface area contributed by atoms with E-state index in [9.17, 15) is 13.2 Å². The summed E-state index contributed by atoms with van der Waals surface area (Å²) in [5.74, 6) is -0.699. The average Bonchev–Trinajstić information content (AvgIpc) is 2.47. The second-order valence-electron chi connectivity index (χ2n) is 4.29. The molecular weight excluding hydrogens is 304 g/mol. The lowest BCUT2D eigenvalue weighted by atomic mass is 10.2. The zero-order valence-corrected chi connectivity index (χ0v) is 12.5. The van der Waals surface area contributed by atoms with E-state index in [-0.39, 0.29) is 15.5 Å². The monoisotopic (exact) mass is 318 g/mol. The second-order valence-corrected chi connectivity index (χ2v) is 6.63. The van der Waals surface area contributed by atoms with Gasteiger partial charge in [-0.05, 0) is 18.2 Å². The van der Waals surface area contributed by atoms with Gasteiger partial charge in [0.2, 0.25) is 10.0 Å². The molecule has 0 aliphatic carbocycles. The number of benzene rings is 1. The molecule has 1 saturated heterocycles. The largest absolute Gasteiger partial charge is 0.465 e. The Labute approximate surface area is 122 Å². The minimum atomic E-state index is -3.76. The zero-order valence-electron chi connectivity index (χ0n) is 10.9. The van der Waals surface area contributed by atoms with E-state index in [2.05, 4.69) is 10.1 Å². The van der Waals surface area contributed by atoms with Crippen LogP contribution in [0.25, 0.3) is 0 Å². The normalized spacial score (nSPS) is 16.9. The predicted octanol–water partition coefficient (Wildman–Crippen LogP) is 0.720. The fraction of sp³-hybridized carbons (Fsp3) is 0.417. The summed E-state index contributed by atoms with van der Waals surface area (Å²) in [4.78, 5) is 11.6. The molecule has 6 nitrogen and oxygen atoms in total. The average molecular weight is 319 g/mol. The Morgan fingerprint density at radius 1 is 1.35 bits per heavy atom. The summed E-state index contributed by atoms with van der Waals surface area (Å²) < 4.78 is 31.2. The second kappa shape index (κ2) is 6.09. The number of piperazine rings is 1. The number of carbonyl (C=O) groups excluding carboxylic acids is 1. The number of methoxy groups -OCH3 is 1. The molecule has 0 bridgehead atoms. The third-order valence-electron chi connectivity index (χ3n) is 3.04. The van der Waals surface area contributed by atoms with Gasteiger partial charge in [-0.2, -0.15) is 4.31 Å². The summed E-state index contributed by atoms with van der Waals surface area (Å²) in [7, 11) is -2.56. The summed E-state index contributed by atoms with van der Waals surface area (Å²) in [5.41, 5.74) is -0.00423. The van der Waals surface area contributed by atoms with Crippen LogP contribution in [0.5, 0.6) is 0 Å². The Morgan fingerprint density at radius 2 is 2.00 bits per heavy atom. The minimum absolute atomic E-state index is 0.00423. The van der Waals surface area contributed by atoms with Crippen LogP contribution in [0.1, 0.15) is 10.4 Å². The Hall–Kier alpha value is -1.15. The first-order valence-electron chi connectivity index (χ1n) is 6.05. The molecule has 0 unspecified atom stereocenters. The van der Waals surface area contributed by atoms with Crippen molar-refractivity contribution in [1.29, 1.82) is 0 Å². The van der Waals surface area contributed by atoms with Crippen molar-refractivity contribution < 1.29 is 17.9 Å². The Bertz CT molecular complexity index is 612. The third kappa shape index (κ3) is 2.95. The number of nitrogens with one attached hydrogen (secondary N) is 1. The summed E-state index contributed by atoms with van der Waals surface area (Å²) >= 11 is 5.86. The van der Waals surface area contributed by atoms with Crippen molar-refractivity contribution in [3.63, 3.8) is 0 Å².